The summed E-state index contributed by atoms with van der Waals surface area (Å²) >= 11 is 6.15. The second-order valence-corrected chi connectivity index (χ2v) is 6.26. The summed E-state index contributed by atoms with van der Waals surface area (Å²) in [6.07, 6.45) is 4.21. The molecule has 0 heterocycles. The fraction of sp³-hybridized carbons (Fsp3) is 0.529. The molecule has 1 aromatic carbocycles. The van der Waals surface area contributed by atoms with Gasteiger partial charge in [0.2, 0.25) is 5.91 Å². The molecule has 2 rings (SSSR count). The molecule has 6 heteroatoms. The minimum atomic E-state index is -0.840. The Balaban J connectivity index is 2.07. The van der Waals surface area contributed by atoms with Crippen LogP contribution in [0.2, 0.25) is 5.02 Å². The maximum Gasteiger partial charge on any atom is 0.308 e. The fourth-order valence-electron chi connectivity index (χ4n) is 3.10. The number of hydrogen-bond donors (Lipinski definition) is 2. The minimum absolute atomic E-state index is 0.0751. The van der Waals surface area contributed by atoms with Gasteiger partial charge < -0.3 is 15.2 Å². The highest BCUT2D eigenvalue weighted by molar-refractivity contribution is 6.31. The Labute approximate surface area is 141 Å². The van der Waals surface area contributed by atoms with E-state index in [4.69, 9.17) is 16.3 Å². The van der Waals surface area contributed by atoms with E-state index in [0.717, 1.165) is 19.3 Å². The largest absolute Gasteiger partial charge is 0.496 e. The molecular weight excluding hydrogens is 318 g/mol. The van der Waals surface area contributed by atoms with E-state index in [2.05, 4.69) is 5.32 Å². The summed E-state index contributed by atoms with van der Waals surface area (Å²) < 4.78 is 5.24. The van der Waals surface area contributed by atoms with E-state index < -0.39 is 11.9 Å². The molecule has 0 bridgehead atoms. The van der Waals surface area contributed by atoms with Gasteiger partial charge in [0.15, 0.2) is 0 Å². The average molecular weight is 340 g/mol. The van der Waals surface area contributed by atoms with E-state index in [1.165, 1.54) is 7.11 Å². The average Bonchev–Trinajstić information content (AvgIpc) is 2.74. The Morgan fingerprint density at radius 1 is 1.30 bits per heavy atom. The van der Waals surface area contributed by atoms with E-state index in [-0.39, 0.29) is 18.4 Å². The van der Waals surface area contributed by atoms with Crippen molar-refractivity contribution in [2.45, 2.75) is 44.6 Å². The molecule has 126 valence electrons. The predicted octanol–water partition coefficient (Wildman–Crippen LogP) is 3.04. The van der Waals surface area contributed by atoms with Crippen LogP contribution in [-0.2, 0) is 16.0 Å². The first-order chi connectivity index (χ1) is 11.0. The van der Waals surface area contributed by atoms with Crippen LogP contribution < -0.4 is 10.1 Å². The van der Waals surface area contributed by atoms with Crippen LogP contribution >= 0.6 is 11.6 Å². The highest BCUT2D eigenvalue weighted by atomic mass is 35.5. The van der Waals surface area contributed by atoms with Gasteiger partial charge >= 0.3 is 5.97 Å². The maximum absolute atomic E-state index is 12.4. The van der Waals surface area contributed by atoms with Crippen molar-refractivity contribution in [2.75, 3.05) is 7.11 Å². The molecule has 1 aliphatic rings. The SMILES string of the molecule is COc1cccc(Cl)c1CC(=O)N[C@H]1CCCCC[C@H]1C(=O)O. The molecule has 1 saturated carbocycles. The van der Waals surface area contributed by atoms with E-state index >= 15 is 0 Å². The minimum Gasteiger partial charge on any atom is -0.496 e. The van der Waals surface area contributed by atoms with Crippen molar-refractivity contribution in [2.24, 2.45) is 5.92 Å². The van der Waals surface area contributed by atoms with Gasteiger partial charge in [-0.05, 0) is 25.0 Å². The van der Waals surface area contributed by atoms with Gasteiger partial charge in [-0.25, -0.2) is 0 Å². The molecule has 1 fully saturated rings. The number of aliphatic carboxylic acids is 1. The third-order valence-corrected chi connectivity index (χ3v) is 4.67. The lowest BCUT2D eigenvalue weighted by molar-refractivity contribution is -0.143. The predicted molar refractivity (Wildman–Crippen MR) is 87.8 cm³/mol. The van der Waals surface area contributed by atoms with Crippen molar-refractivity contribution in [3.8, 4) is 5.75 Å². The molecule has 0 aliphatic heterocycles. The summed E-state index contributed by atoms with van der Waals surface area (Å²) in [7, 11) is 1.53. The molecule has 0 spiro atoms. The van der Waals surface area contributed by atoms with Gasteiger partial charge in [0, 0.05) is 16.6 Å². The number of carboxylic acid groups (broad SMARTS) is 1. The summed E-state index contributed by atoms with van der Waals surface area (Å²) in [5.41, 5.74) is 0.620. The number of carbonyl (C=O) groups is 2. The molecule has 0 radical (unpaired) electrons. The van der Waals surface area contributed by atoms with Crippen LogP contribution in [0.15, 0.2) is 18.2 Å². The molecule has 1 amide bonds. The first-order valence-corrected chi connectivity index (χ1v) is 8.24. The summed E-state index contributed by atoms with van der Waals surface area (Å²) in [6.45, 7) is 0. The van der Waals surface area contributed by atoms with Gasteiger partial charge in [0.25, 0.3) is 0 Å². The maximum atomic E-state index is 12.4. The second-order valence-electron chi connectivity index (χ2n) is 5.85. The van der Waals surface area contributed by atoms with Gasteiger partial charge in [-0.15, -0.1) is 0 Å². The monoisotopic (exact) mass is 339 g/mol. The van der Waals surface area contributed by atoms with E-state index in [9.17, 15) is 14.7 Å². The van der Waals surface area contributed by atoms with Gasteiger partial charge in [0.1, 0.15) is 5.75 Å². The Morgan fingerprint density at radius 2 is 2.04 bits per heavy atom. The quantitative estimate of drug-likeness (QED) is 0.808. The first kappa shape index (κ1) is 17.6. The van der Waals surface area contributed by atoms with Crippen LogP contribution in [0.4, 0.5) is 0 Å². The zero-order valence-corrected chi connectivity index (χ0v) is 13.9. The molecule has 0 aromatic heterocycles. The summed E-state index contributed by atoms with van der Waals surface area (Å²) in [4.78, 5) is 23.8. The molecule has 1 aromatic rings. The van der Waals surface area contributed by atoms with Gasteiger partial charge in [-0.1, -0.05) is 36.9 Å². The number of hydrogen-bond acceptors (Lipinski definition) is 3. The molecule has 2 N–H and O–H groups in total. The number of carbonyl (C=O) groups excluding carboxylic acids is 1. The number of methoxy groups -OCH3 is 1. The smallest absolute Gasteiger partial charge is 0.308 e. The topological polar surface area (TPSA) is 75.6 Å². The standard InChI is InChI=1S/C17H22ClNO4/c1-23-15-9-5-7-13(18)12(15)10-16(20)19-14-8-4-2-3-6-11(14)17(21)22/h5,7,9,11,14H,2-4,6,8,10H2,1H3,(H,19,20)(H,21,22)/t11-,14+/m1/s1. The van der Waals surface area contributed by atoms with Crippen LogP contribution in [0, 0.1) is 5.92 Å². The lowest BCUT2D eigenvalue weighted by Gasteiger charge is -2.23. The van der Waals surface area contributed by atoms with Crippen molar-refractivity contribution in [3.05, 3.63) is 28.8 Å². The molecule has 0 unspecified atom stereocenters. The molecule has 2 atom stereocenters. The third kappa shape index (κ3) is 4.61. The molecule has 5 nitrogen and oxygen atoms in total. The van der Waals surface area contributed by atoms with Gasteiger partial charge in [-0.3, -0.25) is 9.59 Å². The van der Waals surface area contributed by atoms with E-state index in [0.29, 0.717) is 29.2 Å². The third-order valence-electron chi connectivity index (χ3n) is 4.31. The number of ether oxygens (including phenoxy) is 1. The van der Waals surface area contributed by atoms with Crippen molar-refractivity contribution in [1.82, 2.24) is 5.32 Å². The van der Waals surface area contributed by atoms with Crippen LogP contribution in [0.5, 0.6) is 5.75 Å². The molecular formula is C17H22ClNO4. The molecule has 0 saturated heterocycles. The van der Waals surface area contributed by atoms with E-state index in [1.54, 1.807) is 18.2 Å². The van der Waals surface area contributed by atoms with Crippen molar-refractivity contribution < 1.29 is 19.4 Å². The van der Waals surface area contributed by atoms with Crippen molar-refractivity contribution in [1.29, 1.82) is 0 Å². The van der Waals surface area contributed by atoms with Crippen molar-refractivity contribution in [3.63, 3.8) is 0 Å². The lowest BCUT2D eigenvalue weighted by atomic mass is 9.94. The number of nitrogens with one attached hydrogen (secondary N) is 1. The molecule has 23 heavy (non-hydrogen) atoms. The first-order valence-electron chi connectivity index (χ1n) is 7.86. The lowest BCUT2D eigenvalue weighted by Crippen LogP contribution is -2.43. The number of carboxylic acids is 1. The summed E-state index contributed by atoms with van der Waals surface area (Å²) in [6, 6.07) is 4.89. The Morgan fingerprint density at radius 3 is 2.74 bits per heavy atom. The highest BCUT2D eigenvalue weighted by Gasteiger charge is 2.30. The highest BCUT2D eigenvalue weighted by Crippen LogP contribution is 2.27. The van der Waals surface area contributed by atoms with Crippen LogP contribution in [-0.4, -0.2) is 30.1 Å². The number of rotatable bonds is 5. The molecule has 1 aliphatic carbocycles. The van der Waals surface area contributed by atoms with Gasteiger partial charge in [0.05, 0.1) is 19.4 Å². The van der Waals surface area contributed by atoms with Crippen LogP contribution in [0.25, 0.3) is 0 Å². The van der Waals surface area contributed by atoms with Crippen LogP contribution in [0.1, 0.15) is 37.7 Å². The van der Waals surface area contributed by atoms with Gasteiger partial charge in [-0.2, -0.15) is 0 Å². The summed E-state index contributed by atoms with van der Waals surface area (Å²) in [5, 5.41) is 12.7. The van der Waals surface area contributed by atoms with Crippen LogP contribution in [0.3, 0.4) is 0 Å². The summed E-state index contributed by atoms with van der Waals surface area (Å²) in [5.74, 6) is -1.03. The zero-order chi connectivity index (χ0) is 16.8. The number of benzene rings is 1. The van der Waals surface area contributed by atoms with E-state index in [1.807, 2.05) is 0 Å². The normalized spacial score (nSPS) is 21.3. The Bertz CT molecular complexity index is 576. The second kappa shape index (κ2) is 8.20. The zero-order valence-electron chi connectivity index (χ0n) is 13.2. The number of amides is 1. The number of halogens is 1. The fourth-order valence-corrected chi connectivity index (χ4v) is 3.33. The van der Waals surface area contributed by atoms with Crippen molar-refractivity contribution >= 4 is 23.5 Å². The Kier molecular flexibility index (Phi) is 6.28. The Hall–Kier alpha value is -1.75.